The summed E-state index contributed by atoms with van der Waals surface area (Å²) in [7, 11) is 4.09. The van der Waals surface area contributed by atoms with E-state index < -0.39 is 0 Å². The van der Waals surface area contributed by atoms with Crippen LogP contribution in [0.15, 0.2) is 0 Å². The molecule has 3 nitrogen and oxygen atoms in total. The first-order valence-electron chi connectivity index (χ1n) is 4.52. The van der Waals surface area contributed by atoms with Gasteiger partial charge >= 0.3 is 0 Å². The number of thiocarbonyl (C=S) groups is 1. The topological polar surface area (TPSA) is 27.3 Å². The van der Waals surface area contributed by atoms with Gasteiger partial charge < -0.3 is 15.5 Å². The lowest BCUT2D eigenvalue weighted by atomic mass is 10.1. The van der Waals surface area contributed by atoms with Crippen LogP contribution < -0.4 is 10.6 Å². The average molecular weight is 203 g/mol. The molecule has 0 aromatic heterocycles. The van der Waals surface area contributed by atoms with E-state index in [1.807, 2.05) is 14.1 Å². The number of nitrogens with zero attached hydrogens (tertiary/aromatic N) is 1. The van der Waals surface area contributed by atoms with Crippen LogP contribution in [-0.2, 0) is 0 Å². The van der Waals surface area contributed by atoms with Crippen molar-refractivity contribution in [2.75, 3.05) is 27.2 Å². The van der Waals surface area contributed by atoms with Crippen LogP contribution in [0.3, 0.4) is 0 Å². The first-order valence-corrected chi connectivity index (χ1v) is 4.93. The van der Waals surface area contributed by atoms with E-state index in [4.69, 9.17) is 12.2 Å². The van der Waals surface area contributed by atoms with Crippen LogP contribution in [0.25, 0.3) is 0 Å². The maximum atomic E-state index is 5.11. The van der Waals surface area contributed by atoms with Gasteiger partial charge in [-0.3, -0.25) is 0 Å². The molecule has 0 aromatic carbocycles. The summed E-state index contributed by atoms with van der Waals surface area (Å²) in [6.45, 7) is 8.15. The molecule has 0 amide bonds. The van der Waals surface area contributed by atoms with E-state index in [-0.39, 0.29) is 5.54 Å². The highest BCUT2D eigenvalue weighted by Crippen LogP contribution is 1.97. The molecule has 0 saturated heterocycles. The normalized spacial score (nSPS) is 11.5. The Labute approximate surface area is 86.9 Å². The summed E-state index contributed by atoms with van der Waals surface area (Å²) in [6.07, 6.45) is 0. The van der Waals surface area contributed by atoms with Crippen LogP contribution in [0, 0.1) is 0 Å². The van der Waals surface area contributed by atoms with Gasteiger partial charge in [0.25, 0.3) is 0 Å². The van der Waals surface area contributed by atoms with Crippen LogP contribution in [0.5, 0.6) is 0 Å². The van der Waals surface area contributed by atoms with Crippen molar-refractivity contribution in [3.8, 4) is 0 Å². The van der Waals surface area contributed by atoms with Crippen LogP contribution >= 0.6 is 12.2 Å². The number of hydrogen-bond acceptors (Lipinski definition) is 2. The van der Waals surface area contributed by atoms with Crippen molar-refractivity contribution >= 4 is 17.3 Å². The maximum absolute atomic E-state index is 5.11. The van der Waals surface area contributed by atoms with Gasteiger partial charge in [0.15, 0.2) is 5.11 Å². The van der Waals surface area contributed by atoms with E-state index in [9.17, 15) is 0 Å². The Morgan fingerprint density at radius 1 is 1.31 bits per heavy atom. The van der Waals surface area contributed by atoms with Crippen molar-refractivity contribution in [3.05, 3.63) is 0 Å². The van der Waals surface area contributed by atoms with Crippen molar-refractivity contribution in [1.29, 1.82) is 0 Å². The molecule has 0 aliphatic carbocycles. The smallest absolute Gasteiger partial charge is 0.166 e. The van der Waals surface area contributed by atoms with Gasteiger partial charge in [0, 0.05) is 18.6 Å². The van der Waals surface area contributed by atoms with Gasteiger partial charge in [-0.15, -0.1) is 0 Å². The van der Waals surface area contributed by atoms with E-state index in [1.54, 1.807) is 0 Å². The first-order chi connectivity index (χ1) is 5.81. The number of rotatable bonds is 3. The molecule has 0 saturated carbocycles. The fourth-order valence-corrected chi connectivity index (χ4v) is 1.19. The first kappa shape index (κ1) is 12.7. The summed E-state index contributed by atoms with van der Waals surface area (Å²) in [5.41, 5.74) is 0.0438. The molecule has 4 heteroatoms. The van der Waals surface area contributed by atoms with Crippen molar-refractivity contribution in [2.24, 2.45) is 0 Å². The summed E-state index contributed by atoms with van der Waals surface area (Å²) in [6, 6.07) is 0. The highest BCUT2D eigenvalue weighted by molar-refractivity contribution is 7.80. The zero-order valence-electron chi connectivity index (χ0n) is 9.27. The third-order valence-corrected chi connectivity index (χ3v) is 1.58. The molecular formula is C9H21N3S. The molecule has 0 bridgehead atoms. The molecule has 0 aliphatic heterocycles. The van der Waals surface area contributed by atoms with E-state index in [1.165, 1.54) is 0 Å². The quantitative estimate of drug-likeness (QED) is 0.664. The van der Waals surface area contributed by atoms with Crippen molar-refractivity contribution in [3.63, 3.8) is 0 Å². The monoisotopic (exact) mass is 203 g/mol. The summed E-state index contributed by atoms with van der Waals surface area (Å²) >= 11 is 5.11. The van der Waals surface area contributed by atoms with Gasteiger partial charge in [-0.05, 0) is 47.1 Å². The summed E-state index contributed by atoms with van der Waals surface area (Å²) in [4.78, 5) is 2.12. The molecule has 2 N–H and O–H groups in total. The number of nitrogens with one attached hydrogen (secondary N) is 2. The Morgan fingerprint density at radius 2 is 1.85 bits per heavy atom. The predicted octanol–water partition coefficient (Wildman–Crippen LogP) is 0.811. The van der Waals surface area contributed by atoms with Gasteiger partial charge in [-0.25, -0.2) is 0 Å². The van der Waals surface area contributed by atoms with Crippen LogP contribution in [0.4, 0.5) is 0 Å². The second-order valence-electron chi connectivity index (χ2n) is 4.43. The average Bonchev–Trinajstić information content (AvgIpc) is 1.81. The lowest BCUT2D eigenvalue weighted by Gasteiger charge is -2.23. The molecular weight excluding hydrogens is 182 g/mol. The Kier molecular flexibility index (Phi) is 5.25. The highest BCUT2D eigenvalue weighted by atomic mass is 32.1. The zero-order chi connectivity index (χ0) is 10.5. The lowest BCUT2D eigenvalue weighted by Crippen LogP contribution is -2.47. The number of likely N-dealkylation sites (N-methyl/N-ethyl adjacent to an activating group) is 1. The third-order valence-electron chi connectivity index (χ3n) is 1.33. The second kappa shape index (κ2) is 5.40. The van der Waals surface area contributed by atoms with Crippen LogP contribution in [-0.4, -0.2) is 42.7 Å². The largest absolute Gasteiger partial charge is 0.361 e. The SMILES string of the molecule is CN(C)CCNC(=S)NC(C)(C)C. The van der Waals surface area contributed by atoms with E-state index in [0.717, 1.165) is 18.2 Å². The molecule has 0 unspecified atom stereocenters. The summed E-state index contributed by atoms with van der Waals surface area (Å²) < 4.78 is 0. The molecule has 0 atom stereocenters. The molecule has 0 spiro atoms. The van der Waals surface area contributed by atoms with Gasteiger partial charge in [-0.1, -0.05) is 0 Å². The predicted molar refractivity (Wildman–Crippen MR) is 62.0 cm³/mol. The number of hydrogen-bond donors (Lipinski definition) is 2. The Hall–Kier alpha value is -0.350. The van der Waals surface area contributed by atoms with Gasteiger partial charge in [0.1, 0.15) is 0 Å². The van der Waals surface area contributed by atoms with Gasteiger partial charge in [0.2, 0.25) is 0 Å². The minimum Gasteiger partial charge on any atom is -0.361 e. The Balaban J connectivity index is 3.53. The summed E-state index contributed by atoms with van der Waals surface area (Å²) in [5, 5.41) is 7.07. The lowest BCUT2D eigenvalue weighted by molar-refractivity contribution is 0.410. The van der Waals surface area contributed by atoms with Gasteiger partial charge in [-0.2, -0.15) is 0 Å². The zero-order valence-corrected chi connectivity index (χ0v) is 10.1. The summed E-state index contributed by atoms with van der Waals surface area (Å²) in [5.74, 6) is 0. The molecule has 0 radical (unpaired) electrons. The fourth-order valence-electron chi connectivity index (χ4n) is 0.778. The van der Waals surface area contributed by atoms with Crippen molar-refractivity contribution in [2.45, 2.75) is 26.3 Å². The maximum Gasteiger partial charge on any atom is 0.166 e. The minimum atomic E-state index is 0.0438. The molecule has 0 fully saturated rings. The van der Waals surface area contributed by atoms with E-state index in [0.29, 0.717) is 0 Å². The molecule has 0 rings (SSSR count). The molecule has 0 aliphatic rings. The molecule has 13 heavy (non-hydrogen) atoms. The van der Waals surface area contributed by atoms with Crippen molar-refractivity contribution < 1.29 is 0 Å². The molecule has 0 aromatic rings. The third kappa shape index (κ3) is 9.56. The van der Waals surface area contributed by atoms with Crippen molar-refractivity contribution in [1.82, 2.24) is 15.5 Å². The second-order valence-corrected chi connectivity index (χ2v) is 4.84. The van der Waals surface area contributed by atoms with E-state index in [2.05, 4.69) is 36.3 Å². The van der Waals surface area contributed by atoms with Crippen LogP contribution in [0.1, 0.15) is 20.8 Å². The molecule has 0 heterocycles. The Bertz CT molecular complexity index is 161. The van der Waals surface area contributed by atoms with Crippen LogP contribution in [0.2, 0.25) is 0 Å². The fraction of sp³-hybridized carbons (Fsp3) is 0.889. The van der Waals surface area contributed by atoms with Gasteiger partial charge in [0.05, 0.1) is 0 Å². The standard InChI is InChI=1S/C9H21N3S/c1-9(2,3)11-8(13)10-6-7-12(4)5/h6-7H2,1-5H3,(H2,10,11,13). The Morgan fingerprint density at radius 3 is 2.23 bits per heavy atom. The minimum absolute atomic E-state index is 0.0438. The molecule has 78 valence electrons. The van der Waals surface area contributed by atoms with E-state index >= 15 is 0 Å². The highest BCUT2D eigenvalue weighted by Gasteiger charge is 2.09.